The Morgan fingerprint density at radius 2 is 2.04 bits per heavy atom. The maximum atomic E-state index is 12.2. The summed E-state index contributed by atoms with van der Waals surface area (Å²) in [5.41, 5.74) is 2.46. The van der Waals surface area contributed by atoms with Gasteiger partial charge in [0.1, 0.15) is 5.75 Å². The third-order valence-corrected chi connectivity index (χ3v) is 3.73. The molecule has 25 heavy (non-hydrogen) atoms. The van der Waals surface area contributed by atoms with Crippen LogP contribution < -0.4 is 14.8 Å². The van der Waals surface area contributed by atoms with Gasteiger partial charge in [0.2, 0.25) is 0 Å². The predicted octanol–water partition coefficient (Wildman–Crippen LogP) is 3.49. The maximum absolute atomic E-state index is 12.2. The number of methoxy groups -OCH3 is 1. The summed E-state index contributed by atoms with van der Waals surface area (Å²) in [5, 5.41) is 13.9. The Hall–Kier alpha value is -3.09. The van der Waals surface area contributed by atoms with Gasteiger partial charge >= 0.3 is 5.69 Å². The van der Waals surface area contributed by atoms with Crippen molar-refractivity contribution in [2.75, 3.05) is 19.0 Å². The van der Waals surface area contributed by atoms with Crippen molar-refractivity contribution < 1.29 is 19.2 Å². The van der Waals surface area contributed by atoms with E-state index in [-0.39, 0.29) is 24.0 Å². The number of nitrogens with one attached hydrogen (secondary N) is 1. The van der Waals surface area contributed by atoms with E-state index in [2.05, 4.69) is 5.32 Å². The molecule has 1 amide bonds. The first-order valence-electron chi connectivity index (χ1n) is 7.79. The van der Waals surface area contributed by atoms with Crippen LogP contribution in [0.3, 0.4) is 0 Å². The lowest BCUT2D eigenvalue weighted by Gasteiger charge is -2.13. The van der Waals surface area contributed by atoms with Gasteiger partial charge in [-0.2, -0.15) is 0 Å². The number of amides is 1. The zero-order valence-electron chi connectivity index (χ0n) is 14.4. The van der Waals surface area contributed by atoms with Crippen LogP contribution in [0.5, 0.6) is 11.5 Å². The standard InChI is InChI=1S/C18H20N2O5/c1-4-13-7-5-6-12(2)18(13)19-17(21)11-25-16-9-8-14(24-3)10-15(16)20(22)23/h5-10H,4,11H2,1-3H3,(H,19,21). The molecule has 7 nitrogen and oxygen atoms in total. The van der Waals surface area contributed by atoms with Gasteiger partial charge in [-0.15, -0.1) is 0 Å². The van der Waals surface area contributed by atoms with Crippen LogP contribution in [0.15, 0.2) is 36.4 Å². The summed E-state index contributed by atoms with van der Waals surface area (Å²) in [6.07, 6.45) is 0.780. The number of rotatable bonds is 7. The highest BCUT2D eigenvalue weighted by atomic mass is 16.6. The number of aryl methyl sites for hydroxylation is 2. The Labute approximate surface area is 145 Å². The van der Waals surface area contributed by atoms with E-state index in [0.29, 0.717) is 5.75 Å². The highest BCUT2D eigenvalue weighted by Crippen LogP contribution is 2.31. The second-order valence-electron chi connectivity index (χ2n) is 5.39. The van der Waals surface area contributed by atoms with E-state index < -0.39 is 4.92 Å². The summed E-state index contributed by atoms with van der Waals surface area (Å²) in [5.74, 6) is -0.0217. The van der Waals surface area contributed by atoms with E-state index in [1.54, 1.807) is 0 Å². The third-order valence-electron chi connectivity index (χ3n) is 3.73. The number of hydrogen-bond donors (Lipinski definition) is 1. The van der Waals surface area contributed by atoms with Crippen molar-refractivity contribution in [3.05, 3.63) is 57.6 Å². The molecular formula is C18H20N2O5. The number of anilines is 1. The number of nitro benzene ring substituents is 1. The number of hydrogen-bond acceptors (Lipinski definition) is 5. The summed E-state index contributed by atoms with van der Waals surface area (Å²) in [4.78, 5) is 22.7. The first kappa shape index (κ1) is 18.3. The lowest BCUT2D eigenvalue weighted by atomic mass is 10.1. The largest absolute Gasteiger partial charge is 0.496 e. The van der Waals surface area contributed by atoms with Gasteiger partial charge in [-0.3, -0.25) is 14.9 Å². The van der Waals surface area contributed by atoms with Crippen molar-refractivity contribution in [3.8, 4) is 11.5 Å². The lowest BCUT2D eigenvalue weighted by Crippen LogP contribution is -2.21. The molecule has 0 aliphatic rings. The summed E-state index contributed by atoms with van der Waals surface area (Å²) in [7, 11) is 1.42. The summed E-state index contributed by atoms with van der Waals surface area (Å²) < 4.78 is 10.3. The molecule has 0 saturated heterocycles. The average molecular weight is 344 g/mol. The minimum atomic E-state index is -0.577. The second kappa shape index (κ2) is 8.14. The van der Waals surface area contributed by atoms with Crippen molar-refractivity contribution in [1.82, 2.24) is 0 Å². The molecule has 0 aromatic heterocycles. The summed E-state index contributed by atoms with van der Waals surface area (Å²) in [6.45, 7) is 3.58. The molecule has 0 aliphatic carbocycles. The monoisotopic (exact) mass is 344 g/mol. The molecule has 2 aromatic rings. The van der Waals surface area contributed by atoms with Crippen molar-refractivity contribution in [3.63, 3.8) is 0 Å². The van der Waals surface area contributed by atoms with E-state index in [4.69, 9.17) is 9.47 Å². The Kier molecular flexibility index (Phi) is 5.94. The van der Waals surface area contributed by atoms with Crippen LogP contribution in [0, 0.1) is 17.0 Å². The van der Waals surface area contributed by atoms with Gasteiger partial charge in [0, 0.05) is 5.69 Å². The maximum Gasteiger partial charge on any atom is 0.314 e. The molecule has 7 heteroatoms. The molecule has 0 atom stereocenters. The van der Waals surface area contributed by atoms with Crippen LogP contribution in [0.1, 0.15) is 18.1 Å². The molecule has 0 spiro atoms. The summed E-state index contributed by atoms with van der Waals surface area (Å²) >= 11 is 0. The molecule has 0 fully saturated rings. The van der Waals surface area contributed by atoms with Crippen molar-refractivity contribution in [2.24, 2.45) is 0 Å². The number of nitro groups is 1. The fourth-order valence-electron chi connectivity index (χ4n) is 2.41. The molecular weight excluding hydrogens is 324 g/mol. The zero-order chi connectivity index (χ0) is 18.4. The molecule has 0 heterocycles. The molecule has 0 bridgehead atoms. The van der Waals surface area contributed by atoms with E-state index >= 15 is 0 Å². The molecule has 1 N–H and O–H groups in total. The number of nitrogens with zero attached hydrogens (tertiary/aromatic N) is 1. The molecule has 2 rings (SSSR count). The Morgan fingerprint density at radius 1 is 1.28 bits per heavy atom. The normalized spacial score (nSPS) is 10.2. The van der Waals surface area contributed by atoms with Crippen LogP contribution in [-0.2, 0) is 11.2 Å². The Balaban J connectivity index is 2.10. The zero-order valence-corrected chi connectivity index (χ0v) is 14.4. The van der Waals surface area contributed by atoms with Gasteiger partial charge in [0.05, 0.1) is 18.1 Å². The van der Waals surface area contributed by atoms with Crippen LogP contribution in [0.25, 0.3) is 0 Å². The molecule has 0 aliphatic heterocycles. The van der Waals surface area contributed by atoms with Gasteiger partial charge in [0.25, 0.3) is 5.91 Å². The quantitative estimate of drug-likeness (QED) is 0.613. The van der Waals surface area contributed by atoms with Crippen molar-refractivity contribution in [2.45, 2.75) is 20.3 Å². The fraction of sp³-hybridized carbons (Fsp3) is 0.278. The molecule has 2 aromatic carbocycles. The average Bonchev–Trinajstić information content (AvgIpc) is 2.61. The highest BCUT2D eigenvalue weighted by Gasteiger charge is 2.18. The predicted molar refractivity (Wildman–Crippen MR) is 94.3 cm³/mol. The van der Waals surface area contributed by atoms with E-state index in [9.17, 15) is 14.9 Å². The third kappa shape index (κ3) is 4.47. The van der Waals surface area contributed by atoms with Gasteiger partial charge in [-0.05, 0) is 36.6 Å². The first-order valence-corrected chi connectivity index (χ1v) is 7.79. The van der Waals surface area contributed by atoms with E-state index in [1.807, 2.05) is 32.0 Å². The Morgan fingerprint density at radius 3 is 2.68 bits per heavy atom. The SMILES string of the molecule is CCc1cccc(C)c1NC(=O)COc1ccc(OC)cc1[N+](=O)[O-]. The Bertz CT molecular complexity index is 789. The van der Waals surface area contributed by atoms with Crippen molar-refractivity contribution in [1.29, 1.82) is 0 Å². The van der Waals surface area contributed by atoms with Gasteiger partial charge in [0.15, 0.2) is 12.4 Å². The second-order valence-corrected chi connectivity index (χ2v) is 5.39. The topological polar surface area (TPSA) is 90.7 Å². The minimum absolute atomic E-state index is 0.0152. The number of ether oxygens (including phenoxy) is 2. The number of para-hydroxylation sites is 1. The molecule has 0 unspecified atom stereocenters. The van der Waals surface area contributed by atoms with Crippen molar-refractivity contribution >= 4 is 17.3 Å². The van der Waals surface area contributed by atoms with Crippen LogP contribution in [-0.4, -0.2) is 24.5 Å². The molecule has 0 saturated carbocycles. The number of benzene rings is 2. The fourth-order valence-corrected chi connectivity index (χ4v) is 2.41. The summed E-state index contributed by atoms with van der Waals surface area (Å²) in [6, 6.07) is 9.98. The highest BCUT2D eigenvalue weighted by molar-refractivity contribution is 5.93. The number of carbonyl (C=O) groups is 1. The lowest BCUT2D eigenvalue weighted by molar-refractivity contribution is -0.385. The molecule has 132 valence electrons. The van der Waals surface area contributed by atoms with Crippen LogP contribution in [0.4, 0.5) is 11.4 Å². The van der Waals surface area contributed by atoms with E-state index in [0.717, 1.165) is 23.2 Å². The number of carbonyl (C=O) groups excluding carboxylic acids is 1. The van der Waals surface area contributed by atoms with Gasteiger partial charge in [-0.25, -0.2) is 0 Å². The smallest absolute Gasteiger partial charge is 0.314 e. The van der Waals surface area contributed by atoms with Crippen LogP contribution in [0.2, 0.25) is 0 Å². The minimum Gasteiger partial charge on any atom is -0.496 e. The van der Waals surface area contributed by atoms with Gasteiger partial charge in [-0.1, -0.05) is 25.1 Å². The van der Waals surface area contributed by atoms with E-state index in [1.165, 1.54) is 25.3 Å². The molecule has 0 radical (unpaired) electrons. The van der Waals surface area contributed by atoms with Crippen LogP contribution >= 0.6 is 0 Å². The van der Waals surface area contributed by atoms with Gasteiger partial charge < -0.3 is 14.8 Å². The first-order chi connectivity index (χ1) is 12.0.